The van der Waals surface area contributed by atoms with Crippen LogP contribution >= 0.6 is 0 Å². The predicted molar refractivity (Wildman–Crippen MR) is 96.4 cm³/mol. The molecular weight excluding hydrogens is 318 g/mol. The average Bonchev–Trinajstić information content (AvgIpc) is 2.67. The van der Waals surface area contributed by atoms with E-state index in [1.165, 1.54) is 0 Å². The average molecular weight is 347 g/mol. The van der Waals surface area contributed by atoms with E-state index in [-0.39, 0.29) is 17.9 Å². The van der Waals surface area contributed by atoms with E-state index in [9.17, 15) is 4.79 Å². The van der Waals surface area contributed by atoms with Crippen molar-refractivity contribution < 1.29 is 9.53 Å². The van der Waals surface area contributed by atoms with E-state index in [1.54, 1.807) is 25.7 Å². The summed E-state index contributed by atoms with van der Waals surface area (Å²) in [6.45, 7) is 5.46. The van der Waals surface area contributed by atoms with Crippen molar-refractivity contribution in [3.05, 3.63) is 18.6 Å². The van der Waals surface area contributed by atoms with Crippen LogP contribution < -0.4 is 10.2 Å². The Morgan fingerprint density at radius 1 is 1.28 bits per heavy atom. The molecule has 0 saturated carbocycles. The molecule has 2 aliphatic heterocycles. The Balaban J connectivity index is 1.43. The molecule has 0 spiro atoms. The molecule has 0 unspecified atom stereocenters. The molecule has 1 amide bonds. The third kappa shape index (κ3) is 5.12. The number of aromatic nitrogens is 2. The molecule has 0 aromatic carbocycles. The van der Waals surface area contributed by atoms with Gasteiger partial charge < -0.3 is 15.0 Å². The zero-order valence-corrected chi connectivity index (χ0v) is 15.1. The zero-order chi connectivity index (χ0) is 17.5. The Hall–Kier alpha value is -1.73. The fraction of sp³-hybridized carbons (Fsp3) is 0.722. The molecule has 0 radical (unpaired) electrons. The molecule has 1 aromatic rings. The highest BCUT2D eigenvalue weighted by molar-refractivity contribution is 5.79. The number of nitrogens with one attached hydrogen (secondary N) is 1. The summed E-state index contributed by atoms with van der Waals surface area (Å²) in [5, 5.41) is 3.28. The number of likely N-dealkylation sites (tertiary alicyclic amines) is 1. The lowest BCUT2D eigenvalue weighted by molar-refractivity contribution is -0.126. The molecule has 0 aliphatic carbocycles. The van der Waals surface area contributed by atoms with Gasteiger partial charge in [-0.2, -0.15) is 0 Å². The van der Waals surface area contributed by atoms with Gasteiger partial charge in [0, 0.05) is 57.6 Å². The Morgan fingerprint density at radius 3 is 2.84 bits per heavy atom. The monoisotopic (exact) mass is 347 g/mol. The van der Waals surface area contributed by atoms with E-state index < -0.39 is 0 Å². The van der Waals surface area contributed by atoms with E-state index in [0.29, 0.717) is 0 Å². The van der Waals surface area contributed by atoms with E-state index in [0.717, 1.165) is 70.8 Å². The number of anilines is 1. The number of nitrogens with zero attached hydrogens (tertiary/aromatic N) is 4. The number of methoxy groups -OCH3 is 1. The number of carbonyl (C=O) groups is 1. The van der Waals surface area contributed by atoms with E-state index in [2.05, 4.69) is 25.1 Å². The van der Waals surface area contributed by atoms with Crippen molar-refractivity contribution in [2.45, 2.75) is 31.7 Å². The van der Waals surface area contributed by atoms with E-state index >= 15 is 0 Å². The number of amides is 1. The summed E-state index contributed by atoms with van der Waals surface area (Å²) >= 11 is 0. The van der Waals surface area contributed by atoms with Gasteiger partial charge in [0.15, 0.2) is 0 Å². The molecule has 1 aromatic heterocycles. The second-order valence-electron chi connectivity index (χ2n) is 6.97. The SMILES string of the molecule is COCCN1CCC[C@@H](NC(=O)C2CCN(c3cnccn3)CC2)C1. The van der Waals surface area contributed by atoms with Crippen molar-refractivity contribution in [2.24, 2.45) is 5.92 Å². The van der Waals surface area contributed by atoms with E-state index in [1.807, 2.05) is 0 Å². The second kappa shape index (κ2) is 9.10. The Labute approximate surface area is 149 Å². The van der Waals surface area contributed by atoms with Crippen molar-refractivity contribution in [2.75, 3.05) is 51.3 Å². The van der Waals surface area contributed by atoms with E-state index in [4.69, 9.17) is 4.74 Å². The minimum atomic E-state index is 0.113. The lowest BCUT2D eigenvalue weighted by atomic mass is 9.95. The first-order valence-corrected chi connectivity index (χ1v) is 9.29. The highest BCUT2D eigenvalue weighted by Crippen LogP contribution is 2.22. The molecule has 1 N–H and O–H groups in total. The van der Waals surface area contributed by atoms with Crippen LogP contribution in [0.1, 0.15) is 25.7 Å². The van der Waals surface area contributed by atoms with Gasteiger partial charge in [-0.3, -0.25) is 14.7 Å². The standard InChI is InChI=1S/C18H29N5O2/c1-25-12-11-22-8-2-3-16(14-22)21-18(24)15-4-9-23(10-5-15)17-13-19-6-7-20-17/h6-7,13,15-16H,2-5,8-12,14H2,1H3,(H,21,24)/t16-/m1/s1. The summed E-state index contributed by atoms with van der Waals surface area (Å²) in [5.41, 5.74) is 0. The largest absolute Gasteiger partial charge is 0.383 e. The fourth-order valence-electron chi connectivity index (χ4n) is 3.74. The minimum absolute atomic E-state index is 0.113. The Bertz CT molecular complexity index is 534. The van der Waals surface area contributed by atoms with Crippen molar-refractivity contribution in [1.82, 2.24) is 20.2 Å². The smallest absolute Gasteiger partial charge is 0.223 e. The first-order valence-electron chi connectivity index (χ1n) is 9.29. The van der Waals surface area contributed by atoms with Crippen LogP contribution in [0.2, 0.25) is 0 Å². The van der Waals surface area contributed by atoms with Gasteiger partial charge in [-0.25, -0.2) is 4.98 Å². The number of hydrogen-bond donors (Lipinski definition) is 1. The van der Waals surface area contributed by atoms with Crippen LogP contribution in [0.5, 0.6) is 0 Å². The maximum Gasteiger partial charge on any atom is 0.223 e. The summed E-state index contributed by atoms with van der Waals surface area (Å²) in [7, 11) is 1.73. The molecule has 3 heterocycles. The fourth-order valence-corrected chi connectivity index (χ4v) is 3.74. The van der Waals surface area contributed by atoms with Crippen molar-refractivity contribution in [3.63, 3.8) is 0 Å². The summed E-state index contributed by atoms with van der Waals surface area (Å²) in [6, 6.07) is 0.274. The lowest BCUT2D eigenvalue weighted by Crippen LogP contribution is -2.51. The molecule has 25 heavy (non-hydrogen) atoms. The molecular formula is C18H29N5O2. The van der Waals surface area contributed by atoms with Gasteiger partial charge in [0.2, 0.25) is 5.91 Å². The number of piperidine rings is 2. The number of rotatable bonds is 6. The normalized spacial score (nSPS) is 22.8. The maximum atomic E-state index is 12.6. The van der Waals surface area contributed by atoms with Crippen molar-refractivity contribution >= 4 is 11.7 Å². The van der Waals surface area contributed by atoms with Crippen LogP contribution in [0, 0.1) is 5.92 Å². The Kier molecular flexibility index (Phi) is 6.58. The molecule has 7 heteroatoms. The summed E-state index contributed by atoms with van der Waals surface area (Å²) < 4.78 is 5.16. The first-order chi connectivity index (χ1) is 12.3. The Morgan fingerprint density at radius 2 is 2.12 bits per heavy atom. The van der Waals surface area contributed by atoms with Crippen LogP contribution in [-0.2, 0) is 9.53 Å². The van der Waals surface area contributed by atoms with Gasteiger partial charge >= 0.3 is 0 Å². The van der Waals surface area contributed by atoms with Crippen LogP contribution in [0.4, 0.5) is 5.82 Å². The van der Waals surface area contributed by atoms with Gasteiger partial charge in [0.1, 0.15) is 5.82 Å². The van der Waals surface area contributed by atoms with Crippen LogP contribution in [0.25, 0.3) is 0 Å². The summed E-state index contributed by atoms with van der Waals surface area (Å²) in [5.74, 6) is 1.24. The number of ether oxygens (including phenoxy) is 1. The molecule has 3 rings (SSSR count). The van der Waals surface area contributed by atoms with Gasteiger partial charge in [0.05, 0.1) is 12.8 Å². The second-order valence-corrected chi connectivity index (χ2v) is 6.97. The van der Waals surface area contributed by atoms with Crippen LogP contribution in [0.3, 0.4) is 0 Å². The molecule has 1 atom stereocenters. The highest BCUT2D eigenvalue weighted by atomic mass is 16.5. The third-order valence-electron chi connectivity index (χ3n) is 5.20. The van der Waals surface area contributed by atoms with Gasteiger partial charge in [-0.1, -0.05) is 0 Å². The molecule has 2 saturated heterocycles. The van der Waals surface area contributed by atoms with Crippen LogP contribution in [-0.4, -0.2) is 73.3 Å². The first kappa shape index (κ1) is 18.1. The van der Waals surface area contributed by atoms with Gasteiger partial charge in [-0.05, 0) is 32.2 Å². The summed E-state index contributed by atoms with van der Waals surface area (Å²) in [4.78, 5) is 25.7. The molecule has 2 aliphatic rings. The molecule has 138 valence electrons. The van der Waals surface area contributed by atoms with Gasteiger partial charge in [-0.15, -0.1) is 0 Å². The molecule has 0 bridgehead atoms. The lowest BCUT2D eigenvalue weighted by Gasteiger charge is -2.35. The topological polar surface area (TPSA) is 70.6 Å². The predicted octanol–water partition coefficient (Wildman–Crippen LogP) is 0.920. The number of carbonyl (C=O) groups excluding carboxylic acids is 1. The molecule has 2 fully saturated rings. The maximum absolute atomic E-state index is 12.6. The van der Waals surface area contributed by atoms with Crippen LogP contribution in [0.15, 0.2) is 18.6 Å². The third-order valence-corrected chi connectivity index (χ3v) is 5.20. The number of hydrogen-bond acceptors (Lipinski definition) is 6. The van der Waals surface area contributed by atoms with Crippen molar-refractivity contribution in [1.29, 1.82) is 0 Å². The minimum Gasteiger partial charge on any atom is -0.383 e. The van der Waals surface area contributed by atoms with Crippen molar-refractivity contribution in [3.8, 4) is 0 Å². The van der Waals surface area contributed by atoms with Gasteiger partial charge in [0.25, 0.3) is 0 Å². The molecule has 7 nitrogen and oxygen atoms in total. The quantitative estimate of drug-likeness (QED) is 0.825. The summed E-state index contributed by atoms with van der Waals surface area (Å²) in [6.07, 6.45) is 9.16. The zero-order valence-electron chi connectivity index (χ0n) is 15.1. The highest BCUT2D eigenvalue weighted by Gasteiger charge is 2.28.